The molecule has 1 aromatic rings. The Labute approximate surface area is 113 Å². The number of nitrogens with one attached hydrogen (secondary N) is 1. The fraction of sp³-hybridized carbons (Fsp3) is 0.571. The molecule has 1 N–H and O–H groups in total. The molecule has 0 amide bonds. The predicted molar refractivity (Wildman–Crippen MR) is 76.7 cm³/mol. The second-order valence-electron chi connectivity index (χ2n) is 4.49. The molecule has 0 bridgehead atoms. The Morgan fingerprint density at radius 2 is 2.12 bits per heavy atom. The van der Waals surface area contributed by atoms with Crippen LogP contribution in [0.4, 0.5) is 0 Å². The van der Waals surface area contributed by atoms with Crippen LogP contribution < -0.4 is 10.1 Å². The van der Waals surface area contributed by atoms with Crippen LogP contribution in [-0.2, 0) is 6.42 Å². The second kappa shape index (κ2) is 7.72. The van der Waals surface area contributed by atoms with Crippen LogP contribution in [0.3, 0.4) is 0 Å². The molecule has 0 aliphatic heterocycles. The van der Waals surface area contributed by atoms with Crippen LogP contribution >= 0.6 is 15.9 Å². The van der Waals surface area contributed by atoms with E-state index in [1.807, 2.05) is 19.2 Å². The summed E-state index contributed by atoms with van der Waals surface area (Å²) in [6, 6.07) is 6.20. The summed E-state index contributed by atoms with van der Waals surface area (Å²) >= 11 is 3.51. The molecule has 0 aliphatic carbocycles. The van der Waals surface area contributed by atoms with Crippen molar-refractivity contribution in [2.75, 3.05) is 20.7 Å². The quantitative estimate of drug-likeness (QED) is 0.830. The second-order valence-corrected chi connectivity index (χ2v) is 5.41. The summed E-state index contributed by atoms with van der Waals surface area (Å²) in [5.74, 6) is 1.74. The molecular formula is C14H22BrNO. The van der Waals surface area contributed by atoms with Gasteiger partial charge in [0, 0.05) is 4.47 Å². The zero-order chi connectivity index (χ0) is 12.7. The third kappa shape index (κ3) is 5.09. The maximum Gasteiger partial charge on any atom is 0.122 e. The monoisotopic (exact) mass is 299 g/mol. The van der Waals surface area contributed by atoms with Gasteiger partial charge in [0.05, 0.1) is 7.11 Å². The highest BCUT2D eigenvalue weighted by atomic mass is 79.9. The molecule has 0 aromatic heterocycles. The molecule has 1 aromatic carbocycles. The minimum Gasteiger partial charge on any atom is -0.496 e. The van der Waals surface area contributed by atoms with E-state index < -0.39 is 0 Å². The van der Waals surface area contributed by atoms with Gasteiger partial charge in [-0.15, -0.1) is 0 Å². The molecule has 0 saturated heterocycles. The van der Waals surface area contributed by atoms with Gasteiger partial charge in [0.1, 0.15) is 5.75 Å². The minimum atomic E-state index is 0.742. The third-order valence-electron chi connectivity index (χ3n) is 3.04. The molecule has 1 unspecified atom stereocenters. The Morgan fingerprint density at radius 1 is 1.35 bits per heavy atom. The number of methoxy groups -OCH3 is 1. The van der Waals surface area contributed by atoms with Crippen LogP contribution in [0.25, 0.3) is 0 Å². The van der Waals surface area contributed by atoms with Gasteiger partial charge < -0.3 is 10.1 Å². The molecule has 0 saturated carbocycles. The summed E-state index contributed by atoms with van der Waals surface area (Å²) in [5.41, 5.74) is 1.29. The van der Waals surface area contributed by atoms with E-state index in [0.29, 0.717) is 0 Å². The summed E-state index contributed by atoms with van der Waals surface area (Å²) in [7, 11) is 3.74. The van der Waals surface area contributed by atoms with E-state index in [9.17, 15) is 0 Å². The lowest BCUT2D eigenvalue weighted by Gasteiger charge is -2.13. The highest BCUT2D eigenvalue weighted by Crippen LogP contribution is 2.25. The average Bonchev–Trinajstić information content (AvgIpc) is 2.34. The van der Waals surface area contributed by atoms with Crippen molar-refractivity contribution in [1.82, 2.24) is 5.32 Å². The molecule has 3 heteroatoms. The molecule has 1 rings (SSSR count). The molecule has 0 fully saturated rings. The van der Waals surface area contributed by atoms with Gasteiger partial charge in [-0.1, -0.05) is 22.9 Å². The molecule has 0 radical (unpaired) electrons. The van der Waals surface area contributed by atoms with Gasteiger partial charge in [0.25, 0.3) is 0 Å². The number of hydrogen-bond donors (Lipinski definition) is 1. The highest BCUT2D eigenvalue weighted by Gasteiger charge is 2.07. The molecule has 0 heterocycles. The average molecular weight is 300 g/mol. The number of halogens is 1. The van der Waals surface area contributed by atoms with Crippen molar-refractivity contribution in [3.05, 3.63) is 28.2 Å². The summed E-state index contributed by atoms with van der Waals surface area (Å²) in [6.45, 7) is 3.40. The fourth-order valence-electron chi connectivity index (χ4n) is 1.88. The van der Waals surface area contributed by atoms with Gasteiger partial charge >= 0.3 is 0 Å². The van der Waals surface area contributed by atoms with Gasteiger partial charge in [-0.05, 0) is 62.5 Å². The molecular weight excluding hydrogens is 278 g/mol. The summed E-state index contributed by atoms with van der Waals surface area (Å²) in [4.78, 5) is 0. The Balaban J connectivity index is 2.52. The standard InChI is InChI=1S/C14H22BrNO/c1-11(8-9-16-2)4-5-12-10-13(15)6-7-14(12)17-3/h6-7,10-11,16H,4-5,8-9H2,1-3H3. The Bertz CT molecular complexity index is 341. The summed E-state index contributed by atoms with van der Waals surface area (Å²) in [5, 5.41) is 3.20. The lowest BCUT2D eigenvalue weighted by Crippen LogP contribution is -2.12. The molecule has 0 spiro atoms. The maximum atomic E-state index is 5.38. The number of ether oxygens (including phenoxy) is 1. The van der Waals surface area contributed by atoms with Crippen molar-refractivity contribution in [1.29, 1.82) is 0 Å². The largest absolute Gasteiger partial charge is 0.496 e. The molecule has 2 nitrogen and oxygen atoms in total. The van der Waals surface area contributed by atoms with Crippen molar-refractivity contribution in [3.8, 4) is 5.75 Å². The maximum absolute atomic E-state index is 5.38. The minimum absolute atomic E-state index is 0.742. The van der Waals surface area contributed by atoms with E-state index in [0.717, 1.165) is 29.1 Å². The molecule has 1 atom stereocenters. The Hall–Kier alpha value is -0.540. The first-order chi connectivity index (χ1) is 8.17. The van der Waals surface area contributed by atoms with Gasteiger partial charge in [0.15, 0.2) is 0 Å². The number of hydrogen-bond acceptors (Lipinski definition) is 2. The van der Waals surface area contributed by atoms with Crippen LogP contribution in [-0.4, -0.2) is 20.7 Å². The molecule has 96 valence electrons. The number of benzene rings is 1. The van der Waals surface area contributed by atoms with E-state index in [4.69, 9.17) is 4.74 Å². The molecule has 17 heavy (non-hydrogen) atoms. The number of aryl methyl sites for hydroxylation is 1. The lowest BCUT2D eigenvalue weighted by molar-refractivity contribution is 0.405. The Kier molecular flexibility index (Phi) is 6.60. The van der Waals surface area contributed by atoms with E-state index in [2.05, 4.69) is 34.2 Å². The van der Waals surface area contributed by atoms with E-state index in [-0.39, 0.29) is 0 Å². The normalized spacial score (nSPS) is 12.5. The highest BCUT2D eigenvalue weighted by molar-refractivity contribution is 9.10. The number of rotatable bonds is 7. The van der Waals surface area contributed by atoms with Gasteiger partial charge in [0.2, 0.25) is 0 Å². The smallest absolute Gasteiger partial charge is 0.122 e. The van der Waals surface area contributed by atoms with Crippen LogP contribution in [0.5, 0.6) is 5.75 Å². The van der Waals surface area contributed by atoms with Crippen molar-refractivity contribution < 1.29 is 4.74 Å². The summed E-state index contributed by atoms with van der Waals surface area (Å²) in [6.07, 6.45) is 3.51. The van der Waals surface area contributed by atoms with Crippen LogP contribution in [0.2, 0.25) is 0 Å². The lowest BCUT2D eigenvalue weighted by atomic mass is 9.98. The Morgan fingerprint density at radius 3 is 2.76 bits per heavy atom. The van der Waals surface area contributed by atoms with E-state index in [1.54, 1.807) is 7.11 Å². The van der Waals surface area contributed by atoms with Crippen molar-refractivity contribution in [3.63, 3.8) is 0 Å². The third-order valence-corrected chi connectivity index (χ3v) is 3.53. The van der Waals surface area contributed by atoms with Crippen LogP contribution in [0.1, 0.15) is 25.3 Å². The van der Waals surface area contributed by atoms with Gasteiger partial charge in [-0.3, -0.25) is 0 Å². The van der Waals surface area contributed by atoms with Gasteiger partial charge in [-0.25, -0.2) is 0 Å². The van der Waals surface area contributed by atoms with E-state index >= 15 is 0 Å². The van der Waals surface area contributed by atoms with Crippen molar-refractivity contribution >= 4 is 15.9 Å². The fourth-order valence-corrected chi connectivity index (χ4v) is 2.29. The molecule has 0 aliphatic rings. The topological polar surface area (TPSA) is 21.3 Å². The predicted octanol–water partition coefficient (Wildman–Crippen LogP) is 3.64. The summed E-state index contributed by atoms with van der Waals surface area (Å²) < 4.78 is 6.50. The zero-order valence-corrected chi connectivity index (χ0v) is 12.5. The van der Waals surface area contributed by atoms with Gasteiger partial charge in [-0.2, -0.15) is 0 Å². The van der Waals surface area contributed by atoms with Crippen molar-refractivity contribution in [2.45, 2.75) is 26.2 Å². The first-order valence-electron chi connectivity index (χ1n) is 6.14. The first-order valence-corrected chi connectivity index (χ1v) is 6.93. The zero-order valence-electron chi connectivity index (χ0n) is 10.9. The van der Waals surface area contributed by atoms with E-state index in [1.165, 1.54) is 18.4 Å². The SMILES string of the molecule is CNCCC(C)CCc1cc(Br)ccc1OC. The van der Waals surface area contributed by atoms with Crippen molar-refractivity contribution in [2.24, 2.45) is 5.92 Å². The van der Waals surface area contributed by atoms with Crippen LogP contribution in [0, 0.1) is 5.92 Å². The van der Waals surface area contributed by atoms with Crippen LogP contribution in [0.15, 0.2) is 22.7 Å². The first kappa shape index (κ1) is 14.5.